The number of hydrogen-bond acceptors (Lipinski definition) is 1. The van der Waals surface area contributed by atoms with Crippen LogP contribution in [0.2, 0.25) is 0 Å². The van der Waals surface area contributed by atoms with E-state index in [2.05, 4.69) is 89.9 Å². The first-order valence-electron chi connectivity index (χ1n) is 10.6. The van der Waals surface area contributed by atoms with Crippen molar-refractivity contribution < 1.29 is 0 Å². The summed E-state index contributed by atoms with van der Waals surface area (Å²) in [6, 6.07) is 18.2. The Morgan fingerprint density at radius 1 is 0.778 bits per heavy atom. The molecule has 1 fully saturated rings. The summed E-state index contributed by atoms with van der Waals surface area (Å²) < 4.78 is 0.866. The van der Waals surface area contributed by atoms with Gasteiger partial charge in [0.15, 0.2) is 0 Å². The van der Waals surface area contributed by atoms with E-state index < -0.39 is 0 Å². The summed E-state index contributed by atoms with van der Waals surface area (Å²) in [7, 11) is 0. The molecule has 0 heterocycles. The SMILES string of the molecule is Cc1ccc(CN(CC[C@@H]2CCCCCC2I)Cc2ccc(C)cc2)cc1. The lowest BCUT2D eigenvalue weighted by Crippen LogP contribution is -2.27. The summed E-state index contributed by atoms with van der Waals surface area (Å²) in [6.07, 6.45) is 8.48. The molecule has 2 aromatic carbocycles. The number of alkyl halides is 1. The third-order valence-corrected chi connectivity index (χ3v) is 7.58. The Hall–Kier alpha value is -0.870. The molecule has 0 bridgehead atoms. The standard InChI is InChI=1S/C25H34IN/c1-20-8-12-22(13-9-20)18-27(19-23-14-10-21(2)11-15-23)17-16-24-6-4-3-5-7-25(24)26/h8-15,24-25H,3-7,16-19H2,1-2H3/t24-,25?/m0/s1. The van der Waals surface area contributed by atoms with Crippen LogP contribution in [0, 0.1) is 19.8 Å². The molecule has 0 aliphatic heterocycles. The Morgan fingerprint density at radius 3 is 1.85 bits per heavy atom. The van der Waals surface area contributed by atoms with Crippen LogP contribution in [0.25, 0.3) is 0 Å². The van der Waals surface area contributed by atoms with Gasteiger partial charge in [0.2, 0.25) is 0 Å². The van der Waals surface area contributed by atoms with Crippen LogP contribution in [-0.2, 0) is 13.1 Å². The number of benzene rings is 2. The highest BCUT2D eigenvalue weighted by atomic mass is 127. The first-order chi connectivity index (χ1) is 13.1. The molecule has 1 aliphatic rings. The average Bonchev–Trinajstić information content (AvgIpc) is 2.87. The van der Waals surface area contributed by atoms with E-state index in [1.54, 1.807) is 0 Å². The molecule has 2 aromatic rings. The van der Waals surface area contributed by atoms with Crippen molar-refractivity contribution in [3.8, 4) is 0 Å². The molecule has 2 atom stereocenters. The van der Waals surface area contributed by atoms with Crippen LogP contribution < -0.4 is 0 Å². The van der Waals surface area contributed by atoms with Crippen molar-refractivity contribution in [1.29, 1.82) is 0 Å². The van der Waals surface area contributed by atoms with Gasteiger partial charge in [-0.25, -0.2) is 0 Å². The van der Waals surface area contributed by atoms with Gasteiger partial charge in [-0.2, -0.15) is 0 Å². The highest BCUT2D eigenvalue weighted by Crippen LogP contribution is 2.31. The molecule has 1 aliphatic carbocycles. The topological polar surface area (TPSA) is 3.24 Å². The maximum Gasteiger partial charge on any atom is 0.0237 e. The molecule has 2 heteroatoms. The molecule has 0 saturated heterocycles. The zero-order valence-electron chi connectivity index (χ0n) is 17.0. The summed E-state index contributed by atoms with van der Waals surface area (Å²) in [5, 5.41) is 0. The van der Waals surface area contributed by atoms with Gasteiger partial charge in [0.1, 0.15) is 0 Å². The molecule has 0 amide bonds. The van der Waals surface area contributed by atoms with Gasteiger partial charge in [0, 0.05) is 17.0 Å². The Morgan fingerprint density at radius 2 is 1.30 bits per heavy atom. The Kier molecular flexibility index (Phi) is 8.20. The van der Waals surface area contributed by atoms with E-state index >= 15 is 0 Å². The third-order valence-electron chi connectivity index (χ3n) is 5.94. The van der Waals surface area contributed by atoms with Crippen LogP contribution in [0.5, 0.6) is 0 Å². The molecular weight excluding hydrogens is 441 g/mol. The number of nitrogens with zero attached hydrogens (tertiary/aromatic N) is 1. The highest BCUT2D eigenvalue weighted by Gasteiger charge is 2.22. The van der Waals surface area contributed by atoms with Crippen LogP contribution in [0.1, 0.15) is 60.8 Å². The largest absolute Gasteiger partial charge is 0.295 e. The molecule has 3 rings (SSSR count). The second kappa shape index (κ2) is 10.6. The molecule has 0 N–H and O–H groups in total. The van der Waals surface area contributed by atoms with Crippen molar-refractivity contribution in [3.63, 3.8) is 0 Å². The molecule has 146 valence electrons. The highest BCUT2D eigenvalue weighted by molar-refractivity contribution is 14.1. The molecule has 0 radical (unpaired) electrons. The van der Waals surface area contributed by atoms with Crippen molar-refractivity contribution in [1.82, 2.24) is 4.90 Å². The first kappa shape index (κ1) is 20.9. The Labute approximate surface area is 179 Å². The van der Waals surface area contributed by atoms with Gasteiger partial charge in [-0.05, 0) is 56.7 Å². The fourth-order valence-electron chi connectivity index (χ4n) is 4.13. The minimum absolute atomic E-state index is 0.866. The normalized spacial score (nSPS) is 20.6. The number of hydrogen-bond donors (Lipinski definition) is 0. The van der Waals surface area contributed by atoms with Crippen molar-refractivity contribution in [2.45, 2.75) is 69.4 Å². The van der Waals surface area contributed by atoms with Gasteiger partial charge in [0.05, 0.1) is 0 Å². The predicted molar refractivity (Wildman–Crippen MR) is 125 cm³/mol. The van der Waals surface area contributed by atoms with E-state index in [-0.39, 0.29) is 0 Å². The lowest BCUT2D eigenvalue weighted by Gasteiger charge is -2.27. The summed E-state index contributed by atoms with van der Waals surface area (Å²) >= 11 is 2.73. The maximum atomic E-state index is 2.73. The zero-order valence-corrected chi connectivity index (χ0v) is 19.1. The quantitative estimate of drug-likeness (QED) is 0.235. The van der Waals surface area contributed by atoms with Gasteiger partial charge < -0.3 is 0 Å². The van der Waals surface area contributed by atoms with Gasteiger partial charge >= 0.3 is 0 Å². The van der Waals surface area contributed by atoms with Crippen LogP contribution in [0.4, 0.5) is 0 Å². The fraction of sp³-hybridized carbons (Fsp3) is 0.520. The smallest absolute Gasteiger partial charge is 0.0237 e. The minimum Gasteiger partial charge on any atom is -0.295 e. The summed E-state index contributed by atoms with van der Waals surface area (Å²) in [6.45, 7) is 7.63. The molecule has 0 aromatic heterocycles. The van der Waals surface area contributed by atoms with Crippen molar-refractivity contribution in [2.24, 2.45) is 5.92 Å². The van der Waals surface area contributed by atoms with Crippen molar-refractivity contribution >= 4 is 22.6 Å². The second-order valence-electron chi connectivity index (χ2n) is 8.38. The summed E-state index contributed by atoms with van der Waals surface area (Å²) in [5.74, 6) is 0.895. The van der Waals surface area contributed by atoms with Crippen molar-refractivity contribution in [3.05, 3.63) is 70.8 Å². The predicted octanol–water partition coefficient (Wildman–Crippen LogP) is 7.08. The van der Waals surface area contributed by atoms with Gasteiger partial charge in [-0.1, -0.05) is 102 Å². The first-order valence-corrected chi connectivity index (χ1v) is 11.8. The Balaban J connectivity index is 1.65. The zero-order chi connectivity index (χ0) is 19.1. The molecule has 1 nitrogen and oxygen atoms in total. The van der Waals surface area contributed by atoms with Crippen LogP contribution in [0.15, 0.2) is 48.5 Å². The van der Waals surface area contributed by atoms with E-state index in [4.69, 9.17) is 0 Å². The van der Waals surface area contributed by atoms with Crippen LogP contribution in [-0.4, -0.2) is 15.4 Å². The lowest BCUT2D eigenvalue weighted by molar-refractivity contribution is 0.232. The molecular formula is C25H34IN. The third kappa shape index (κ3) is 6.90. The van der Waals surface area contributed by atoms with Gasteiger partial charge in [-0.3, -0.25) is 4.90 Å². The molecule has 1 unspecified atom stereocenters. The maximum absolute atomic E-state index is 2.73. The summed E-state index contributed by atoms with van der Waals surface area (Å²) in [4.78, 5) is 2.66. The van der Waals surface area contributed by atoms with E-state index in [9.17, 15) is 0 Å². The second-order valence-corrected chi connectivity index (χ2v) is 9.98. The molecule has 1 saturated carbocycles. The van der Waals surface area contributed by atoms with Crippen LogP contribution >= 0.6 is 22.6 Å². The Bertz CT molecular complexity index is 629. The number of aryl methyl sites for hydroxylation is 2. The fourth-order valence-corrected chi connectivity index (χ4v) is 5.29. The van der Waals surface area contributed by atoms with Gasteiger partial charge in [-0.15, -0.1) is 0 Å². The molecule has 27 heavy (non-hydrogen) atoms. The van der Waals surface area contributed by atoms with E-state index in [0.717, 1.165) is 22.9 Å². The van der Waals surface area contributed by atoms with Crippen molar-refractivity contribution in [2.75, 3.05) is 6.54 Å². The van der Waals surface area contributed by atoms with E-state index in [1.165, 1.54) is 67.3 Å². The van der Waals surface area contributed by atoms with Gasteiger partial charge in [0.25, 0.3) is 0 Å². The monoisotopic (exact) mass is 475 g/mol. The van der Waals surface area contributed by atoms with E-state index in [0.29, 0.717) is 0 Å². The molecule has 0 spiro atoms. The number of halogens is 1. The lowest BCUT2D eigenvalue weighted by atomic mass is 9.96. The minimum atomic E-state index is 0.866. The average molecular weight is 475 g/mol. The van der Waals surface area contributed by atoms with E-state index in [1.807, 2.05) is 0 Å². The number of rotatable bonds is 7. The summed E-state index contributed by atoms with van der Waals surface area (Å²) in [5.41, 5.74) is 5.55. The van der Waals surface area contributed by atoms with Crippen LogP contribution in [0.3, 0.4) is 0 Å².